The Balaban J connectivity index is 2.17. The zero-order chi connectivity index (χ0) is 12.4. The lowest BCUT2D eigenvalue weighted by atomic mass is 10.2. The van der Waals surface area contributed by atoms with Crippen LogP contribution in [-0.2, 0) is 4.79 Å². The highest BCUT2D eigenvalue weighted by Gasteiger charge is 2.25. The van der Waals surface area contributed by atoms with Crippen molar-refractivity contribution in [3.8, 4) is 0 Å². The van der Waals surface area contributed by atoms with Crippen molar-refractivity contribution in [3.63, 3.8) is 0 Å². The van der Waals surface area contributed by atoms with Crippen LogP contribution in [-0.4, -0.2) is 27.4 Å². The van der Waals surface area contributed by atoms with Crippen LogP contribution in [0.3, 0.4) is 0 Å². The summed E-state index contributed by atoms with van der Waals surface area (Å²) in [4.78, 5) is 26.1. The predicted molar refractivity (Wildman–Crippen MR) is 65.7 cm³/mol. The van der Waals surface area contributed by atoms with Crippen LogP contribution >= 0.6 is 11.8 Å². The van der Waals surface area contributed by atoms with Gasteiger partial charge in [-0.05, 0) is 31.2 Å². The number of aliphatic imine (C=N–C) groups is 1. The van der Waals surface area contributed by atoms with Crippen molar-refractivity contribution in [3.05, 3.63) is 29.8 Å². The van der Waals surface area contributed by atoms with Crippen molar-refractivity contribution in [2.75, 3.05) is 0 Å². The highest BCUT2D eigenvalue weighted by atomic mass is 32.2. The number of carbonyl (C=O) groups is 2. The zero-order valence-corrected chi connectivity index (χ0v) is 9.82. The molecule has 5 nitrogen and oxygen atoms in total. The molecule has 0 unspecified atom stereocenters. The second-order valence-corrected chi connectivity index (χ2v) is 4.85. The number of thioether (sulfide) groups is 1. The van der Waals surface area contributed by atoms with Gasteiger partial charge in [0.15, 0.2) is 5.17 Å². The average Bonchev–Trinajstić information content (AvgIpc) is 2.58. The van der Waals surface area contributed by atoms with Gasteiger partial charge in [-0.1, -0.05) is 11.8 Å². The lowest BCUT2D eigenvalue weighted by Crippen LogP contribution is -2.23. The Kier molecular flexibility index (Phi) is 3.14. The Morgan fingerprint density at radius 2 is 2.06 bits per heavy atom. The summed E-state index contributed by atoms with van der Waals surface area (Å²) in [5, 5.41) is 11.8. The van der Waals surface area contributed by atoms with Gasteiger partial charge in [0.1, 0.15) is 0 Å². The number of amides is 1. The summed E-state index contributed by atoms with van der Waals surface area (Å²) < 4.78 is 0. The van der Waals surface area contributed by atoms with Gasteiger partial charge in [0, 0.05) is 0 Å². The van der Waals surface area contributed by atoms with E-state index in [1.54, 1.807) is 19.1 Å². The molecule has 0 aromatic heterocycles. The van der Waals surface area contributed by atoms with E-state index in [9.17, 15) is 9.59 Å². The van der Waals surface area contributed by atoms with E-state index in [0.29, 0.717) is 10.9 Å². The molecule has 1 amide bonds. The third-order valence-corrected chi connectivity index (χ3v) is 3.22. The summed E-state index contributed by atoms with van der Waals surface area (Å²) in [5.41, 5.74) is 0.831. The minimum atomic E-state index is -0.971. The van der Waals surface area contributed by atoms with Gasteiger partial charge in [-0.3, -0.25) is 4.79 Å². The highest BCUT2D eigenvalue weighted by Crippen LogP contribution is 2.22. The van der Waals surface area contributed by atoms with Crippen molar-refractivity contribution < 1.29 is 14.7 Å². The SMILES string of the molecule is C[C@@H]1SC(=Nc2ccc(C(=O)O)cc2)NC1=O. The Labute approximate surface area is 102 Å². The van der Waals surface area contributed by atoms with Crippen LogP contribution in [0.15, 0.2) is 29.3 Å². The topological polar surface area (TPSA) is 78.8 Å². The Morgan fingerprint density at radius 1 is 1.41 bits per heavy atom. The van der Waals surface area contributed by atoms with Gasteiger partial charge in [-0.15, -0.1) is 0 Å². The maximum absolute atomic E-state index is 11.2. The van der Waals surface area contributed by atoms with E-state index in [1.807, 2.05) is 0 Å². The number of amidine groups is 1. The molecule has 1 aromatic rings. The maximum Gasteiger partial charge on any atom is 0.335 e. The predicted octanol–water partition coefficient (Wildman–Crippen LogP) is 1.62. The highest BCUT2D eigenvalue weighted by molar-refractivity contribution is 8.15. The molecular weight excluding hydrogens is 240 g/mol. The lowest BCUT2D eigenvalue weighted by Gasteiger charge is -1.98. The van der Waals surface area contributed by atoms with E-state index in [4.69, 9.17) is 5.11 Å². The minimum Gasteiger partial charge on any atom is -0.478 e. The molecule has 0 radical (unpaired) electrons. The van der Waals surface area contributed by atoms with Crippen molar-refractivity contribution in [1.29, 1.82) is 0 Å². The van der Waals surface area contributed by atoms with Crippen LogP contribution in [0.5, 0.6) is 0 Å². The molecule has 1 saturated heterocycles. The van der Waals surface area contributed by atoms with Crippen molar-refractivity contribution in [1.82, 2.24) is 5.32 Å². The van der Waals surface area contributed by atoms with E-state index >= 15 is 0 Å². The number of carbonyl (C=O) groups excluding carboxylic acids is 1. The molecule has 0 aliphatic carbocycles. The van der Waals surface area contributed by atoms with Gasteiger partial charge in [-0.25, -0.2) is 9.79 Å². The average molecular weight is 250 g/mol. The molecule has 1 aliphatic heterocycles. The van der Waals surface area contributed by atoms with E-state index in [-0.39, 0.29) is 16.7 Å². The van der Waals surface area contributed by atoms with Crippen LogP contribution in [0, 0.1) is 0 Å². The molecule has 0 bridgehead atoms. The standard InChI is InChI=1S/C11H10N2O3S/c1-6-9(14)13-11(17-6)12-8-4-2-7(3-5-8)10(15)16/h2-6H,1H3,(H,15,16)(H,12,13,14)/t6-/m0/s1. The summed E-state index contributed by atoms with van der Waals surface area (Å²) >= 11 is 1.35. The van der Waals surface area contributed by atoms with Gasteiger partial charge in [0.2, 0.25) is 5.91 Å². The van der Waals surface area contributed by atoms with Crippen LogP contribution in [0.25, 0.3) is 0 Å². The molecule has 17 heavy (non-hydrogen) atoms. The summed E-state index contributed by atoms with van der Waals surface area (Å²) in [5.74, 6) is -1.03. The Bertz CT molecular complexity index is 496. The number of carboxylic acid groups (broad SMARTS) is 1. The Hall–Kier alpha value is -1.82. The first kappa shape index (κ1) is 11.7. The van der Waals surface area contributed by atoms with E-state index in [2.05, 4.69) is 10.3 Å². The van der Waals surface area contributed by atoms with Crippen LogP contribution in [0.2, 0.25) is 0 Å². The first-order valence-corrected chi connectivity index (χ1v) is 5.84. The molecule has 88 valence electrons. The molecule has 0 spiro atoms. The fraction of sp³-hybridized carbons (Fsp3) is 0.182. The largest absolute Gasteiger partial charge is 0.478 e. The third-order valence-electron chi connectivity index (χ3n) is 2.23. The summed E-state index contributed by atoms with van der Waals surface area (Å²) in [6.45, 7) is 1.80. The fourth-order valence-corrected chi connectivity index (χ4v) is 2.13. The molecule has 0 saturated carbocycles. The molecule has 1 heterocycles. The first-order chi connectivity index (χ1) is 8.06. The van der Waals surface area contributed by atoms with Crippen molar-refractivity contribution >= 4 is 34.5 Å². The van der Waals surface area contributed by atoms with Gasteiger partial charge < -0.3 is 10.4 Å². The smallest absolute Gasteiger partial charge is 0.335 e. The number of carboxylic acids is 1. The van der Waals surface area contributed by atoms with E-state index < -0.39 is 5.97 Å². The van der Waals surface area contributed by atoms with Crippen LogP contribution < -0.4 is 5.32 Å². The molecule has 2 rings (SSSR count). The molecule has 1 atom stereocenters. The molecular formula is C11H10N2O3S. The molecule has 1 aromatic carbocycles. The number of hydrogen-bond acceptors (Lipinski definition) is 4. The van der Waals surface area contributed by atoms with Gasteiger partial charge >= 0.3 is 5.97 Å². The maximum atomic E-state index is 11.2. The van der Waals surface area contributed by atoms with Crippen LogP contribution in [0.4, 0.5) is 5.69 Å². The number of benzene rings is 1. The van der Waals surface area contributed by atoms with Gasteiger partial charge in [0.05, 0.1) is 16.5 Å². The Morgan fingerprint density at radius 3 is 2.53 bits per heavy atom. The second-order valence-electron chi connectivity index (χ2n) is 3.52. The fourth-order valence-electron chi connectivity index (χ4n) is 1.31. The zero-order valence-electron chi connectivity index (χ0n) is 9.01. The molecule has 1 aliphatic rings. The number of aromatic carboxylic acids is 1. The van der Waals surface area contributed by atoms with Crippen molar-refractivity contribution in [2.24, 2.45) is 4.99 Å². The number of nitrogens with one attached hydrogen (secondary N) is 1. The van der Waals surface area contributed by atoms with Gasteiger partial charge in [-0.2, -0.15) is 0 Å². The van der Waals surface area contributed by atoms with Crippen LogP contribution in [0.1, 0.15) is 17.3 Å². The number of hydrogen-bond donors (Lipinski definition) is 2. The molecule has 6 heteroatoms. The minimum absolute atomic E-state index is 0.0593. The summed E-state index contributed by atoms with van der Waals surface area (Å²) in [6.07, 6.45) is 0. The van der Waals surface area contributed by atoms with Gasteiger partial charge in [0.25, 0.3) is 0 Å². The normalized spacial score (nSPS) is 21.6. The van der Waals surface area contributed by atoms with E-state index in [1.165, 1.54) is 23.9 Å². The lowest BCUT2D eigenvalue weighted by molar-refractivity contribution is -0.118. The summed E-state index contributed by atoms with van der Waals surface area (Å²) in [7, 11) is 0. The second kappa shape index (κ2) is 4.58. The van der Waals surface area contributed by atoms with E-state index in [0.717, 1.165) is 0 Å². The third kappa shape index (κ3) is 2.65. The molecule has 2 N–H and O–H groups in total. The summed E-state index contributed by atoms with van der Waals surface area (Å²) in [6, 6.07) is 6.16. The first-order valence-electron chi connectivity index (χ1n) is 4.96. The quantitative estimate of drug-likeness (QED) is 0.836. The monoisotopic (exact) mass is 250 g/mol. The number of rotatable bonds is 2. The number of nitrogens with zero attached hydrogens (tertiary/aromatic N) is 1. The molecule has 1 fully saturated rings. The van der Waals surface area contributed by atoms with Crippen molar-refractivity contribution in [2.45, 2.75) is 12.2 Å².